The lowest BCUT2D eigenvalue weighted by Gasteiger charge is -2.18. The van der Waals surface area contributed by atoms with Crippen LogP contribution in [0.5, 0.6) is 0 Å². The zero-order chi connectivity index (χ0) is 14.7. The number of benzene rings is 1. The molecule has 1 aliphatic heterocycles. The van der Waals surface area contributed by atoms with Gasteiger partial charge in [0.1, 0.15) is 0 Å². The maximum Gasteiger partial charge on any atom is 0.212 e. The number of rotatable bonds is 4. The van der Waals surface area contributed by atoms with Gasteiger partial charge >= 0.3 is 0 Å². The van der Waals surface area contributed by atoms with Crippen LogP contribution in [0.4, 0.5) is 10.1 Å². The molecule has 3 rings (SSSR count). The molecule has 0 saturated carbocycles. The molecule has 1 aromatic heterocycles. The van der Waals surface area contributed by atoms with Crippen LogP contribution in [0.2, 0.25) is 0 Å². The van der Waals surface area contributed by atoms with E-state index in [0.717, 1.165) is 31.7 Å². The molecule has 0 unspecified atom stereocenters. The van der Waals surface area contributed by atoms with Crippen molar-refractivity contribution in [3.8, 4) is 0 Å². The summed E-state index contributed by atoms with van der Waals surface area (Å²) in [7, 11) is 0. The molecule has 1 N–H and O–H groups in total. The van der Waals surface area contributed by atoms with Crippen LogP contribution in [0.3, 0.4) is 0 Å². The van der Waals surface area contributed by atoms with Crippen LogP contribution in [0.15, 0.2) is 42.6 Å². The van der Waals surface area contributed by atoms with E-state index in [1.54, 1.807) is 12.3 Å². The highest BCUT2D eigenvalue weighted by Gasteiger charge is 2.22. The Kier molecular flexibility index (Phi) is 6.40. The number of nitrogens with one attached hydrogen (secondary N) is 1. The van der Waals surface area contributed by atoms with Gasteiger partial charge in [0.05, 0.1) is 11.9 Å². The molecule has 0 amide bonds. The highest BCUT2D eigenvalue weighted by Crippen LogP contribution is 2.20. The van der Waals surface area contributed by atoms with Gasteiger partial charge in [0.2, 0.25) is 5.95 Å². The van der Waals surface area contributed by atoms with E-state index in [2.05, 4.69) is 62.1 Å². The van der Waals surface area contributed by atoms with Gasteiger partial charge < -0.3 is 10.2 Å². The van der Waals surface area contributed by atoms with Gasteiger partial charge in [-0.1, -0.05) is 18.2 Å². The Morgan fingerprint density at radius 3 is 2.82 bits per heavy atom. The number of nitrogens with zero attached hydrogens (tertiary/aromatic N) is 2. The predicted molar refractivity (Wildman–Crippen MR) is 98.1 cm³/mol. The lowest BCUT2D eigenvalue weighted by molar-refractivity contribution is 0.550. The van der Waals surface area contributed by atoms with Crippen molar-refractivity contribution in [2.75, 3.05) is 18.0 Å². The van der Waals surface area contributed by atoms with Crippen LogP contribution in [0, 0.1) is 9.52 Å². The molecule has 1 fully saturated rings. The maximum absolute atomic E-state index is 12.9. The monoisotopic (exact) mass is 433 g/mol. The van der Waals surface area contributed by atoms with Gasteiger partial charge in [-0.3, -0.25) is 0 Å². The molecule has 6 heteroatoms. The normalized spacial score (nSPS) is 17.4. The van der Waals surface area contributed by atoms with Gasteiger partial charge in [-0.25, -0.2) is 4.98 Å². The smallest absolute Gasteiger partial charge is 0.212 e. The molecule has 0 spiro atoms. The van der Waals surface area contributed by atoms with Crippen LogP contribution >= 0.6 is 35.0 Å². The summed E-state index contributed by atoms with van der Waals surface area (Å²) in [6.45, 7) is 2.81. The van der Waals surface area contributed by atoms with E-state index in [1.165, 1.54) is 15.2 Å². The van der Waals surface area contributed by atoms with Gasteiger partial charge in [0.15, 0.2) is 0 Å². The summed E-state index contributed by atoms with van der Waals surface area (Å²) in [5.41, 5.74) is 2.33. The van der Waals surface area contributed by atoms with E-state index in [0.29, 0.717) is 6.04 Å². The standard InChI is InChI=1S/C16H17FIN3.ClH/c17-16-6-5-14(10-20-16)21-8-7-13(11-21)19-9-12-3-1-2-4-15(12)18;/h1-6,10,13,19H,7-9,11H2;1H/t13-;/m0./s1. The van der Waals surface area contributed by atoms with Gasteiger partial charge in [-0.05, 0) is 52.8 Å². The van der Waals surface area contributed by atoms with E-state index in [-0.39, 0.29) is 12.4 Å². The maximum atomic E-state index is 12.9. The first kappa shape index (κ1) is 17.4. The molecule has 0 aliphatic carbocycles. The van der Waals surface area contributed by atoms with E-state index in [4.69, 9.17) is 0 Å². The fourth-order valence-corrected chi connectivity index (χ4v) is 3.19. The second-order valence-corrected chi connectivity index (χ2v) is 6.41. The van der Waals surface area contributed by atoms with Crippen molar-refractivity contribution in [3.63, 3.8) is 0 Å². The second-order valence-electron chi connectivity index (χ2n) is 5.24. The summed E-state index contributed by atoms with van der Waals surface area (Å²) in [6, 6.07) is 12.1. The zero-order valence-electron chi connectivity index (χ0n) is 12.0. The number of aromatic nitrogens is 1. The Bertz CT molecular complexity index is 609. The Balaban J connectivity index is 0.00000176. The summed E-state index contributed by atoms with van der Waals surface area (Å²) in [6.07, 6.45) is 2.71. The fraction of sp³-hybridized carbons (Fsp3) is 0.312. The molecule has 1 saturated heterocycles. The zero-order valence-corrected chi connectivity index (χ0v) is 15.0. The van der Waals surface area contributed by atoms with Gasteiger partial charge in [-0.2, -0.15) is 4.39 Å². The molecule has 3 nitrogen and oxygen atoms in total. The number of halogens is 3. The van der Waals surface area contributed by atoms with Crippen molar-refractivity contribution >= 4 is 40.7 Å². The van der Waals surface area contributed by atoms with Gasteiger partial charge in [0, 0.05) is 29.2 Å². The summed E-state index contributed by atoms with van der Waals surface area (Å²) < 4.78 is 14.1. The average Bonchev–Trinajstić information content (AvgIpc) is 2.96. The van der Waals surface area contributed by atoms with Crippen molar-refractivity contribution < 1.29 is 4.39 Å². The Labute approximate surface area is 149 Å². The molecule has 2 aromatic rings. The number of hydrogen-bond acceptors (Lipinski definition) is 3. The SMILES string of the molecule is Cl.Fc1ccc(N2CC[C@H](NCc3ccccc3I)C2)cn1. The van der Waals surface area contributed by atoms with Crippen LogP contribution in [-0.4, -0.2) is 24.1 Å². The highest BCUT2D eigenvalue weighted by atomic mass is 127. The van der Waals surface area contributed by atoms with Crippen LogP contribution < -0.4 is 10.2 Å². The average molecular weight is 434 g/mol. The van der Waals surface area contributed by atoms with Gasteiger partial charge in [-0.15, -0.1) is 12.4 Å². The lowest BCUT2D eigenvalue weighted by atomic mass is 10.2. The number of pyridine rings is 1. The van der Waals surface area contributed by atoms with Crippen LogP contribution in [0.1, 0.15) is 12.0 Å². The molecular weight excluding hydrogens is 416 g/mol. The largest absolute Gasteiger partial charge is 0.369 e. The predicted octanol–water partition coefficient (Wildman–Crippen LogP) is 3.62. The Morgan fingerprint density at radius 2 is 2.09 bits per heavy atom. The molecule has 0 bridgehead atoms. The molecule has 0 radical (unpaired) electrons. The van der Waals surface area contributed by atoms with Crippen molar-refractivity contribution in [1.29, 1.82) is 0 Å². The third-order valence-electron chi connectivity index (χ3n) is 3.80. The number of anilines is 1. The molecule has 1 atom stereocenters. The molecule has 1 aliphatic rings. The van der Waals surface area contributed by atoms with E-state index in [1.807, 2.05) is 0 Å². The molecule has 22 heavy (non-hydrogen) atoms. The first-order chi connectivity index (χ1) is 10.2. The van der Waals surface area contributed by atoms with Crippen molar-refractivity contribution in [1.82, 2.24) is 10.3 Å². The van der Waals surface area contributed by atoms with Crippen molar-refractivity contribution in [2.45, 2.75) is 19.0 Å². The third-order valence-corrected chi connectivity index (χ3v) is 4.86. The van der Waals surface area contributed by atoms with E-state index >= 15 is 0 Å². The second kappa shape index (κ2) is 8.08. The molecule has 1 aromatic carbocycles. The quantitative estimate of drug-likeness (QED) is 0.590. The first-order valence-electron chi connectivity index (χ1n) is 7.05. The first-order valence-corrected chi connectivity index (χ1v) is 8.13. The third kappa shape index (κ3) is 4.30. The highest BCUT2D eigenvalue weighted by molar-refractivity contribution is 14.1. The van der Waals surface area contributed by atoms with Crippen LogP contribution in [0.25, 0.3) is 0 Å². The summed E-state index contributed by atoms with van der Waals surface area (Å²) >= 11 is 2.37. The minimum Gasteiger partial charge on any atom is -0.369 e. The Hall–Kier alpha value is -0.920. The van der Waals surface area contributed by atoms with Crippen molar-refractivity contribution in [3.05, 3.63) is 57.7 Å². The molecule has 2 heterocycles. The Morgan fingerprint density at radius 1 is 1.27 bits per heavy atom. The topological polar surface area (TPSA) is 28.2 Å². The molecule has 118 valence electrons. The lowest BCUT2D eigenvalue weighted by Crippen LogP contribution is -2.32. The summed E-state index contributed by atoms with van der Waals surface area (Å²) in [4.78, 5) is 5.97. The summed E-state index contributed by atoms with van der Waals surface area (Å²) in [5.74, 6) is -0.425. The van der Waals surface area contributed by atoms with E-state index in [9.17, 15) is 4.39 Å². The summed E-state index contributed by atoms with van der Waals surface area (Å²) in [5, 5.41) is 3.61. The fourth-order valence-electron chi connectivity index (χ4n) is 2.61. The molecular formula is C16H18ClFIN3. The van der Waals surface area contributed by atoms with Crippen molar-refractivity contribution in [2.24, 2.45) is 0 Å². The van der Waals surface area contributed by atoms with Crippen LogP contribution in [-0.2, 0) is 6.54 Å². The minimum absolute atomic E-state index is 0. The van der Waals surface area contributed by atoms with E-state index < -0.39 is 5.95 Å². The minimum atomic E-state index is -0.425. The van der Waals surface area contributed by atoms with Gasteiger partial charge in [0.25, 0.3) is 0 Å². The number of hydrogen-bond donors (Lipinski definition) is 1.